The number of aliphatic carboxylic acids is 1. The fourth-order valence-corrected chi connectivity index (χ4v) is 6.50. The molecule has 6 nitrogen and oxygen atoms in total. The first-order valence-electron chi connectivity index (χ1n) is 14.9. The number of nitrogens with zero attached hydrogens (tertiary/aromatic N) is 2. The number of anilines is 1. The third-order valence-corrected chi connectivity index (χ3v) is 8.97. The van der Waals surface area contributed by atoms with Gasteiger partial charge in [-0.2, -0.15) is 13.2 Å². The highest BCUT2D eigenvalue weighted by atomic mass is 19.4. The molecule has 2 aromatic carbocycles. The normalized spacial score (nSPS) is 21.5. The highest BCUT2D eigenvalue weighted by Crippen LogP contribution is 2.45. The van der Waals surface area contributed by atoms with Crippen LogP contribution >= 0.6 is 0 Å². The number of hydrogen-bond donors (Lipinski definition) is 1. The summed E-state index contributed by atoms with van der Waals surface area (Å²) in [4.78, 5) is 15.2. The number of hydrogen-bond acceptors (Lipinski definition) is 5. The molecule has 2 aliphatic heterocycles. The van der Waals surface area contributed by atoms with Crippen molar-refractivity contribution in [2.75, 3.05) is 38.3 Å². The molecule has 224 valence electrons. The number of rotatable bonds is 11. The van der Waals surface area contributed by atoms with Crippen LogP contribution in [0.25, 0.3) is 0 Å². The average Bonchev–Trinajstić information content (AvgIpc) is 3.81. The van der Waals surface area contributed by atoms with Gasteiger partial charge in [0.25, 0.3) is 0 Å². The molecule has 3 fully saturated rings. The third kappa shape index (κ3) is 7.67. The molecule has 1 unspecified atom stereocenters. The molecule has 1 saturated carbocycles. The van der Waals surface area contributed by atoms with Crippen LogP contribution in [0.1, 0.15) is 68.4 Å². The van der Waals surface area contributed by atoms with Gasteiger partial charge in [0.1, 0.15) is 17.5 Å². The molecule has 5 rings (SSSR count). The Bertz CT molecular complexity index is 1180. The average molecular weight is 575 g/mol. The van der Waals surface area contributed by atoms with Crippen LogP contribution in [0.2, 0.25) is 0 Å². The molecule has 2 aromatic rings. The number of carboxylic acids is 1. The van der Waals surface area contributed by atoms with Crippen molar-refractivity contribution in [2.45, 2.75) is 76.0 Å². The number of likely N-dealkylation sites (tertiary alicyclic amines) is 1. The van der Waals surface area contributed by atoms with E-state index >= 15 is 0 Å². The van der Waals surface area contributed by atoms with Gasteiger partial charge in [0.2, 0.25) is 0 Å². The summed E-state index contributed by atoms with van der Waals surface area (Å²) in [6.45, 7) is 2.88. The van der Waals surface area contributed by atoms with Crippen LogP contribution in [0.4, 0.5) is 18.9 Å². The van der Waals surface area contributed by atoms with Crippen molar-refractivity contribution in [1.29, 1.82) is 0 Å². The van der Waals surface area contributed by atoms with Crippen LogP contribution in [0, 0.1) is 11.8 Å². The molecule has 0 radical (unpaired) electrons. The number of halogens is 3. The first-order valence-corrected chi connectivity index (χ1v) is 14.9. The fraction of sp³-hybridized carbons (Fsp3) is 0.594. The lowest BCUT2D eigenvalue weighted by atomic mass is 9.91. The van der Waals surface area contributed by atoms with Gasteiger partial charge in [-0.15, -0.1) is 0 Å². The monoisotopic (exact) mass is 574 g/mol. The van der Waals surface area contributed by atoms with E-state index in [4.69, 9.17) is 9.47 Å². The number of carboxylic acid groups (broad SMARTS) is 1. The molecular weight excluding hydrogens is 533 g/mol. The minimum atomic E-state index is -4.22. The summed E-state index contributed by atoms with van der Waals surface area (Å²) in [5, 5.41) is 9.35. The number of ether oxygens (including phenoxy) is 2. The van der Waals surface area contributed by atoms with Crippen molar-refractivity contribution < 1.29 is 32.5 Å². The predicted octanol–water partition coefficient (Wildman–Crippen LogP) is 6.88. The van der Waals surface area contributed by atoms with E-state index in [1.165, 1.54) is 0 Å². The van der Waals surface area contributed by atoms with Crippen molar-refractivity contribution in [1.82, 2.24) is 4.90 Å². The molecule has 9 heteroatoms. The van der Waals surface area contributed by atoms with Crippen LogP contribution in [0.15, 0.2) is 42.5 Å². The number of alkyl halides is 3. The first-order chi connectivity index (χ1) is 19.7. The number of methoxy groups -OCH3 is 1. The van der Waals surface area contributed by atoms with Crippen molar-refractivity contribution >= 4 is 11.7 Å². The van der Waals surface area contributed by atoms with Gasteiger partial charge in [0.15, 0.2) is 0 Å². The third-order valence-electron chi connectivity index (χ3n) is 8.97. The lowest BCUT2D eigenvalue weighted by Gasteiger charge is -2.39. The molecule has 2 saturated heterocycles. The summed E-state index contributed by atoms with van der Waals surface area (Å²) in [7, 11) is 1.61. The van der Waals surface area contributed by atoms with Crippen LogP contribution in [0.5, 0.6) is 11.5 Å². The quantitative estimate of drug-likeness (QED) is 0.316. The van der Waals surface area contributed by atoms with Crippen LogP contribution in [-0.4, -0.2) is 61.5 Å². The zero-order valence-corrected chi connectivity index (χ0v) is 23.7. The smallest absolute Gasteiger partial charge is 0.404 e. The minimum Gasteiger partial charge on any atom is -0.497 e. The summed E-state index contributed by atoms with van der Waals surface area (Å²) in [5.74, 6) is 1.55. The fourth-order valence-electron chi connectivity index (χ4n) is 6.50. The Kier molecular flexibility index (Phi) is 9.32. The SMILES string of the molecule is COc1ccc(CN2CCCCC2C(F)(F)F)c(N2CCC(COc3cccc([C@@H](CC(=O)O)C4CC4)c3)CC2)c1. The lowest BCUT2D eigenvalue weighted by molar-refractivity contribution is -0.192. The Labute approximate surface area is 240 Å². The van der Waals surface area contributed by atoms with Crippen molar-refractivity contribution in [3.8, 4) is 11.5 Å². The predicted molar refractivity (Wildman–Crippen MR) is 152 cm³/mol. The number of carbonyl (C=O) groups is 1. The summed E-state index contributed by atoms with van der Waals surface area (Å²) >= 11 is 0. The summed E-state index contributed by atoms with van der Waals surface area (Å²) < 4.78 is 52.9. The van der Waals surface area contributed by atoms with Gasteiger partial charge in [-0.05, 0) is 92.1 Å². The van der Waals surface area contributed by atoms with E-state index in [2.05, 4.69) is 4.90 Å². The second-order valence-electron chi connectivity index (χ2n) is 11.9. The van der Waals surface area contributed by atoms with E-state index < -0.39 is 18.2 Å². The molecule has 1 aliphatic carbocycles. The van der Waals surface area contributed by atoms with Crippen molar-refractivity contribution in [2.24, 2.45) is 11.8 Å². The highest BCUT2D eigenvalue weighted by molar-refractivity contribution is 5.68. The van der Waals surface area contributed by atoms with Gasteiger partial charge in [-0.1, -0.05) is 24.6 Å². The summed E-state index contributed by atoms with van der Waals surface area (Å²) in [6, 6.07) is 12.2. The van der Waals surface area contributed by atoms with Crippen LogP contribution in [-0.2, 0) is 11.3 Å². The van der Waals surface area contributed by atoms with Crippen molar-refractivity contribution in [3.05, 3.63) is 53.6 Å². The van der Waals surface area contributed by atoms with Crippen LogP contribution < -0.4 is 14.4 Å². The van der Waals surface area contributed by atoms with Gasteiger partial charge in [0.05, 0.1) is 20.1 Å². The van der Waals surface area contributed by atoms with E-state index in [-0.39, 0.29) is 25.3 Å². The largest absolute Gasteiger partial charge is 0.497 e. The van der Waals surface area contributed by atoms with Crippen molar-refractivity contribution in [3.63, 3.8) is 0 Å². The van der Waals surface area contributed by atoms with E-state index in [1.54, 1.807) is 12.0 Å². The highest BCUT2D eigenvalue weighted by Gasteiger charge is 2.44. The first kappa shape index (κ1) is 29.5. The molecule has 0 aromatic heterocycles. The Morgan fingerprint density at radius 2 is 1.78 bits per heavy atom. The molecule has 2 atom stereocenters. The van der Waals surface area contributed by atoms with Gasteiger partial charge in [0, 0.05) is 31.4 Å². The second kappa shape index (κ2) is 12.9. The zero-order valence-electron chi connectivity index (χ0n) is 23.7. The standard InChI is InChI=1S/C32H41F3N2O4/c1-40-26-11-10-25(20-37-14-3-2-7-30(37)32(33,34)35)29(18-26)36-15-12-22(13-16-36)21-41-27-6-4-5-24(17-27)28(19-31(38)39)23-8-9-23/h4-6,10-11,17-18,22-23,28,30H,2-3,7-9,12-16,19-21H2,1H3,(H,38,39)/t28-,30?/m0/s1. The van der Waals surface area contributed by atoms with E-state index in [0.29, 0.717) is 37.2 Å². The molecule has 3 aliphatic rings. The molecule has 41 heavy (non-hydrogen) atoms. The van der Waals surface area contributed by atoms with Gasteiger partial charge in [-0.3, -0.25) is 9.69 Å². The molecule has 0 amide bonds. The Morgan fingerprint density at radius 1 is 1.00 bits per heavy atom. The minimum absolute atomic E-state index is 0.0349. The van der Waals surface area contributed by atoms with Gasteiger partial charge < -0.3 is 19.5 Å². The van der Waals surface area contributed by atoms with Gasteiger partial charge >= 0.3 is 12.1 Å². The molecular formula is C32H41F3N2O4. The Hall–Kier alpha value is -2.94. The summed E-state index contributed by atoms with van der Waals surface area (Å²) in [5.41, 5.74) is 2.89. The zero-order chi connectivity index (χ0) is 29.0. The van der Waals surface area contributed by atoms with Crippen LogP contribution in [0.3, 0.4) is 0 Å². The van der Waals surface area contributed by atoms with E-state index in [1.807, 2.05) is 42.5 Å². The Balaban J connectivity index is 1.20. The summed E-state index contributed by atoms with van der Waals surface area (Å²) in [6.07, 6.45) is 1.46. The molecule has 1 N–H and O–H groups in total. The maximum Gasteiger partial charge on any atom is 0.404 e. The second-order valence-corrected chi connectivity index (χ2v) is 11.9. The molecule has 0 bridgehead atoms. The molecule has 0 spiro atoms. The maximum atomic E-state index is 13.7. The number of piperidine rings is 2. The Morgan fingerprint density at radius 3 is 2.46 bits per heavy atom. The lowest BCUT2D eigenvalue weighted by Crippen LogP contribution is -2.48. The van der Waals surface area contributed by atoms with E-state index in [0.717, 1.165) is 67.8 Å². The number of benzene rings is 2. The topological polar surface area (TPSA) is 62.2 Å². The molecule has 2 heterocycles. The van der Waals surface area contributed by atoms with Gasteiger partial charge in [-0.25, -0.2) is 0 Å². The maximum absolute atomic E-state index is 13.7. The van der Waals surface area contributed by atoms with E-state index in [9.17, 15) is 23.1 Å².